The molecule has 1 fully saturated rings. The van der Waals surface area contributed by atoms with Crippen LogP contribution in [0.2, 0.25) is 0 Å². The zero-order chi connectivity index (χ0) is 13.8. The van der Waals surface area contributed by atoms with Gasteiger partial charge in [0.05, 0.1) is 0 Å². The zero-order valence-electron chi connectivity index (χ0n) is 12.5. The summed E-state index contributed by atoms with van der Waals surface area (Å²) in [5, 5.41) is 0. The molecule has 1 aliphatic heterocycles. The summed E-state index contributed by atoms with van der Waals surface area (Å²) in [5.41, 5.74) is 10.3. The molecule has 1 aromatic carbocycles. The molecule has 1 aliphatic rings. The van der Waals surface area contributed by atoms with Gasteiger partial charge in [-0.25, -0.2) is 0 Å². The van der Waals surface area contributed by atoms with Crippen molar-refractivity contribution < 1.29 is 0 Å². The van der Waals surface area contributed by atoms with E-state index in [1.807, 2.05) is 0 Å². The highest BCUT2D eigenvalue weighted by Crippen LogP contribution is 2.27. The summed E-state index contributed by atoms with van der Waals surface area (Å²) in [5.74, 6) is 0. The highest BCUT2D eigenvalue weighted by atomic mass is 15.3. The summed E-state index contributed by atoms with van der Waals surface area (Å²) < 4.78 is 0. The number of benzene rings is 1. The summed E-state index contributed by atoms with van der Waals surface area (Å²) in [6.45, 7) is 13.1. The van der Waals surface area contributed by atoms with Crippen LogP contribution in [0.1, 0.15) is 29.7 Å². The first kappa shape index (κ1) is 14.5. The molecule has 2 N–H and O–H groups in total. The monoisotopic (exact) mass is 261 g/mol. The molecule has 1 aromatic rings. The summed E-state index contributed by atoms with van der Waals surface area (Å²) in [6, 6.07) is 6.91. The van der Waals surface area contributed by atoms with Crippen molar-refractivity contribution in [3.8, 4) is 0 Å². The second kappa shape index (κ2) is 6.51. The van der Waals surface area contributed by atoms with Crippen molar-refractivity contribution in [1.82, 2.24) is 9.80 Å². The number of likely N-dealkylation sites (N-methyl/N-ethyl adjacent to an activating group) is 1. The Labute approximate surface area is 117 Å². The van der Waals surface area contributed by atoms with Gasteiger partial charge >= 0.3 is 0 Å². The Morgan fingerprint density at radius 2 is 1.68 bits per heavy atom. The average molecular weight is 261 g/mol. The highest BCUT2D eigenvalue weighted by Gasteiger charge is 2.25. The summed E-state index contributed by atoms with van der Waals surface area (Å²) in [4.78, 5) is 5.07. The minimum atomic E-state index is 0.375. The van der Waals surface area contributed by atoms with Gasteiger partial charge in [0, 0.05) is 38.8 Å². The van der Waals surface area contributed by atoms with Crippen LogP contribution >= 0.6 is 0 Å². The van der Waals surface area contributed by atoms with Crippen LogP contribution in [0.4, 0.5) is 0 Å². The van der Waals surface area contributed by atoms with Gasteiger partial charge in [-0.05, 0) is 37.1 Å². The molecule has 106 valence electrons. The summed E-state index contributed by atoms with van der Waals surface area (Å²) in [7, 11) is 0. The SMILES string of the molecule is CCN1CCN(C(CN)c2c(C)cccc2C)CC1. The van der Waals surface area contributed by atoms with Gasteiger partial charge in [-0.15, -0.1) is 0 Å². The van der Waals surface area contributed by atoms with Crippen LogP contribution in [0.5, 0.6) is 0 Å². The molecule has 0 saturated carbocycles. The van der Waals surface area contributed by atoms with Crippen molar-refractivity contribution in [3.63, 3.8) is 0 Å². The van der Waals surface area contributed by atoms with Gasteiger partial charge in [0.25, 0.3) is 0 Å². The fraction of sp³-hybridized carbons (Fsp3) is 0.625. The second-order valence-corrected chi connectivity index (χ2v) is 5.53. The van der Waals surface area contributed by atoms with Crippen molar-refractivity contribution in [2.45, 2.75) is 26.8 Å². The molecule has 3 nitrogen and oxygen atoms in total. The predicted octanol–water partition coefficient (Wildman–Crippen LogP) is 1.94. The Bertz CT molecular complexity index is 388. The molecule has 0 radical (unpaired) electrons. The van der Waals surface area contributed by atoms with E-state index in [1.54, 1.807) is 0 Å². The van der Waals surface area contributed by atoms with Crippen LogP contribution in [-0.4, -0.2) is 49.1 Å². The molecule has 0 bridgehead atoms. The number of hydrogen-bond donors (Lipinski definition) is 1. The van der Waals surface area contributed by atoms with Crippen LogP contribution in [0, 0.1) is 13.8 Å². The van der Waals surface area contributed by atoms with Crippen molar-refractivity contribution >= 4 is 0 Å². The molecular weight excluding hydrogens is 234 g/mol. The molecule has 19 heavy (non-hydrogen) atoms. The maximum Gasteiger partial charge on any atom is 0.0476 e. The summed E-state index contributed by atoms with van der Waals surface area (Å²) in [6.07, 6.45) is 0. The largest absolute Gasteiger partial charge is 0.329 e. The lowest BCUT2D eigenvalue weighted by molar-refractivity contribution is 0.101. The lowest BCUT2D eigenvalue weighted by Gasteiger charge is -2.39. The normalized spacial score (nSPS) is 19.6. The molecule has 1 heterocycles. The maximum absolute atomic E-state index is 6.09. The number of hydrogen-bond acceptors (Lipinski definition) is 3. The van der Waals surface area contributed by atoms with Crippen molar-refractivity contribution in [2.24, 2.45) is 5.73 Å². The molecule has 1 atom stereocenters. The van der Waals surface area contributed by atoms with Crippen LogP contribution < -0.4 is 5.73 Å². The Balaban J connectivity index is 2.17. The van der Waals surface area contributed by atoms with E-state index in [0.717, 1.165) is 32.7 Å². The number of nitrogens with two attached hydrogens (primary N) is 1. The van der Waals surface area contributed by atoms with Crippen LogP contribution in [0.15, 0.2) is 18.2 Å². The fourth-order valence-corrected chi connectivity index (χ4v) is 3.19. The van der Waals surface area contributed by atoms with Crippen LogP contribution in [0.3, 0.4) is 0 Å². The van der Waals surface area contributed by atoms with Crippen molar-refractivity contribution in [3.05, 3.63) is 34.9 Å². The quantitative estimate of drug-likeness (QED) is 0.899. The standard InChI is InChI=1S/C16H27N3/c1-4-18-8-10-19(11-9-18)15(12-17)16-13(2)6-5-7-14(16)3/h5-7,15H,4,8-12,17H2,1-3H3. The van der Waals surface area contributed by atoms with Crippen molar-refractivity contribution in [1.29, 1.82) is 0 Å². The molecule has 0 aromatic heterocycles. The van der Waals surface area contributed by atoms with Gasteiger partial charge in [0.15, 0.2) is 0 Å². The smallest absolute Gasteiger partial charge is 0.0476 e. The van der Waals surface area contributed by atoms with E-state index in [-0.39, 0.29) is 0 Å². The van der Waals surface area contributed by atoms with E-state index in [1.165, 1.54) is 16.7 Å². The number of rotatable bonds is 4. The van der Waals surface area contributed by atoms with E-state index < -0.39 is 0 Å². The van der Waals surface area contributed by atoms with Gasteiger partial charge in [-0.3, -0.25) is 4.90 Å². The third-order valence-electron chi connectivity index (χ3n) is 4.39. The molecule has 1 unspecified atom stereocenters. The first-order valence-corrected chi connectivity index (χ1v) is 7.40. The van der Waals surface area contributed by atoms with E-state index in [4.69, 9.17) is 5.73 Å². The average Bonchev–Trinajstić information content (AvgIpc) is 2.43. The van der Waals surface area contributed by atoms with E-state index in [2.05, 4.69) is 48.8 Å². The van der Waals surface area contributed by atoms with E-state index >= 15 is 0 Å². The molecule has 3 heteroatoms. The maximum atomic E-state index is 6.09. The predicted molar refractivity (Wildman–Crippen MR) is 81.4 cm³/mol. The number of nitrogens with zero attached hydrogens (tertiary/aromatic N) is 2. The van der Waals surface area contributed by atoms with Gasteiger partial charge in [-0.2, -0.15) is 0 Å². The van der Waals surface area contributed by atoms with Gasteiger partial charge in [0.1, 0.15) is 0 Å². The Kier molecular flexibility index (Phi) is 4.97. The minimum Gasteiger partial charge on any atom is -0.329 e. The number of aryl methyl sites for hydroxylation is 2. The lowest BCUT2D eigenvalue weighted by atomic mass is 9.94. The first-order chi connectivity index (χ1) is 9.17. The molecule has 2 rings (SSSR count). The Morgan fingerprint density at radius 1 is 1.11 bits per heavy atom. The summed E-state index contributed by atoms with van der Waals surface area (Å²) >= 11 is 0. The zero-order valence-corrected chi connectivity index (χ0v) is 12.5. The third kappa shape index (κ3) is 3.16. The molecule has 0 spiro atoms. The van der Waals surface area contributed by atoms with Gasteiger partial charge in [-0.1, -0.05) is 25.1 Å². The third-order valence-corrected chi connectivity index (χ3v) is 4.39. The Hall–Kier alpha value is -0.900. The second-order valence-electron chi connectivity index (χ2n) is 5.53. The van der Waals surface area contributed by atoms with Crippen molar-refractivity contribution in [2.75, 3.05) is 39.3 Å². The molecule has 1 saturated heterocycles. The molecule has 0 aliphatic carbocycles. The van der Waals surface area contributed by atoms with Crippen LogP contribution in [-0.2, 0) is 0 Å². The minimum absolute atomic E-state index is 0.375. The first-order valence-electron chi connectivity index (χ1n) is 7.40. The van der Waals surface area contributed by atoms with E-state index in [9.17, 15) is 0 Å². The Morgan fingerprint density at radius 3 is 2.16 bits per heavy atom. The topological polar surface area (TPSA) is 32.5 Å². The van der Waals surface area contributed by atoms with Gasteiger partial charge < -0.3 is 10.6 Å². The number of piperazine rings is 1. The highest BCUT2D eigenvalue weighted by molar-refractivity contribution is 5.36. The molecular formula is C16H27N3. The molecule has 0 amide bonds. The van der Waals surface area contributed by atoms with Crippen LogP contribution in [0.25, 0.3) is 0 Å². The van der Waals surface area contributed by atoms with Gasteiger partial charge in [0.2, 0.25) is 0 Å². The fourth-order valence-electron chi connectivity index (χ4n) is 3.19. The lowest BCUT2D eigenvalue weighted by Crippen LogP contribution is -2.49. The van der Waals surface area contributed by atoms with E-state index in [0.29, 0.717) is 12.6 Å².